The second-order valence-corrected chi connectivity index (χ2v) is 7.57. The molecule has 2 aromatic carbocycles. The van der Waals surface area contributed by atoms with Crippen LogP contribution in [0.1, 0.15) is 30.6 Å². The fourth-order valence-corrected chi connectivity index (χ4v) is 5.88. The molecule has 19 heavy (non-hydrogen) atoms. The smallest absolute Gasteiger partial charge is 0.201 e. The van der Waals surface area contributed by atoms with Crippen LogP contribution < -0.4 is 0 Å². The average molecular weight is 271 g/mol. The van der Waals surface area contributed by atoms with Gasteiger partial charge in [-0.3, -0.25) is 4.79 Å². The fourth-order valence-electron chi connectivity index (χ4n) is 3.03. The Morgan fingerprint density at radius 2 is 1.74 bits per heavy atom. The van der Waals surface area contributed by atoms with Crippen molar-refractivity contribution in [3.05, 3.63) is 48.0 Å². The van der Waals surface area contributed by atoms with Gasteiger partial charge in [-0.25, -0.2) is 0 Å². The van der Waals surface area contributed by atoms with Crippen molar-refractivity contribution in [2.75, 3.05) is 11.5 Å². The Bertz CT molecular complexity index is 594. The maximum absolute atomic E-state index is 12.2. The Kier molecular flexibility index (Phi) is 3.61. The zero-order valence-corrected chi connectivity index (χ0v) is 12.1. The van der Waals surface area contributed by atoms with E-state index in [1.54, 1.807) is 6.92 Å². The zero-order valence-electron chi connectivity index (χ0n) is 11.3. The van der Waals surface area contributed by atoms with Gasteiger partial charge in [0.15, 0.2) is 5.78 Å². The number of fused-ring (bicyclic) bond motifs is 1. The van der Waals surface area contributed by atoms with Gasteiger partial charge in [-0.05, 0) is 23.6 Å². The lowest BCUT2D eigenvalue weighted by Crippen LogP contribution is -2.22. The summed E-state index contributed by atoms with van der Waals surface area (Å²) in [5.41, 5.74) is 1.25. The standard InChI is InChI=1S/C17H19OS/c1-13(18)17(19-11-4-5-12-19)16-10-6-8-14-7-2-3-9-15(14)16/h2-3,6-10,17H,4-5,11-12H2,1H3/q+1. The van der Waals surface area contributed by atoms with Gasteiger partial charge in [0.1, 0.15) is 11.5 Å². The zero-order chi connectivity index (χ0) is 13.2. The van der Waals surface area contributed by atoms with Crippen molar-refractivity contribution in [3.8, 4) is 0 Å². The number of carbonyl (C=O) groups is 1. The number of hydrogen-bond acceptors (Lipinski definition) is 1. The molecule has 1 unspecified atom stereocenters. The molecule has 0 amide bonds. The molecule has 3 rings (SSSR count). The molecule has 0 bridgehead atoms. The summed E-state index contributed by atoms with van der Waals surface area (Å²) in [4.78, 5) is 12.2. The van der Waals surface area contributed by atoms with Crippen molar-refractivity contribution in [2.24, 2.45) is 0 Å². The van der Waals surface area contributed by atoms with Crippen LogP contribution >= 0.6 is 0 Å². The summed E-state index contributed by atoms with van der Waals surface area (Å²) in [7, 11) is 0.248. The van der Waals surface area contributed by atoms with Gasteiger partial charge in [-0.1, -0.05) is 42.5 Å². The van der Waals surface area contributed by atoms with Gasteiger partial charge < -0.3 is 0 Å². The van der Waals surface area contributed by atoms with Crippen LogP contribution in [0.15, 0.2) is 42.5 Å². The molecule has 1 aliphatic heterocycles. The Morgan fingerprint density at radius 3 is 2.47 bits per heavy atom. The van der Waals surface area contributed by atoms with E-state index >= 15 is 0 Å². The number of hydrogen-bond donors (Lipinski definition) is 0. The topological polar surface area (TPSA) is 17.1 Å². The summed E-state index contributed by atoms with van der Waals surface area (Å²) in [6, 6.07) is 14.8. The van der Waals surface area contributed by atoms with E-state index in [4.69, 9.17) is 0 Å². The molecule has 0 saturated carbocycles. The molecule has 0 radical (unpaired) electrons. The van der Waals surface area contributed by atoms with Gasteiger partial charge in [-0.2, -0.15) is 0 Å². The molecule has 1 atom stereocenters. The van der Waals surface area contributed by atoms with Crippen LogP contribution in [0.3, 0.4) is 0 Å². The van der Waals surface area contributed by atoms with Gasteiger partial charge in [-0.15, -0.1) is 0 Å². The molecule has 2 aromatic rings. The first-order valence-corrected chi connectivity index (χ1v) is 8.54. The molecule has 1 saturated heterocycles. The molecule has 0 aromatic heterocycles. The Labute approximate surface area is 117 Å². The van der Waals surface area contributed by atoms with Crippen molar-refractivity contribution in [2.45, 2.75) is 25.0 Å². The summed E-state index contributed by atoms with van der Waals surface area (Å²) in [6.07, 6.45) is 2.58. The summed E-state index contributed by atoms with van der Waals surface area (Å²) >= 11 is 0. The summed E-state index contributed by atoms with van der Waals surface area (Å²) in [6.45, 7) is 1.76. The lowest BCUT2D eigenvalue weighted by Gasteiger charge is -2.15. The van der Waals surface area contributed by atoms with Crippen LogP contribution in [-0.4, -0.2) is 17.3 Å². The molecule has 1 nitrogen and oxygen atoms in total. The Hall–Kier alpha value is -1.28. The van der Waals surface area contributed by atoms with Crippen LogP contribution in [0.25, 0.3) is 10.8 Å². The van der Waals surface area contributed by atoms with E-state index in [0.717, 1.165) is 0 Å². The predicted octanol–water partition coefficient (Wildman–Crippen LogP) is 3.88. The molecular formula is C17H19OS+. The molecule has 1 heterocycles. The molecule has 0 N–H and O–H groups in total. The lowest BCUT2D eigenvalue weighted by molar-refractivity contribution is -0.116. The average Bonchev–Trinajstić information content (AvgIpc) is 2.93. The third kappa shape index (κ3) is 2.42. The third-order valence-electron chi connectivity index (χ3n) is 3.87. The summed E-state index contributed by atoms with van der Waals surface area (Å²) in [5, 5.41) is 2.62. The van der Waals surface area contributed by atoms with Crippen molar-refractivity contribution in [3.63, 3.8) is 0 Å². The fraction of sp³-hybridized carbons (Fsp3) is 0.353. The number of benzene rings is 2. The summed E-state index contributed by atoms with van der Waals surface area (Å²) in [5.74, 6) is 2.79. The molecule has 0 aliphatic carbocycles. The normalized spacial score (nSPS) is 17.7. The maximum Gasteiger partial charge on any atom is 0.201 e. The van der Waals surface area contributed by atoms with E-state index < -0.39 is 0 Å². The highest BCUT2D eigenvalue weighted by Gasteiger charge is 2.38. The Balaban J connectivity index is 2.12. The first-order chi connectivity index (χ1) is 9.27. The second-order valence-electron chi connectivity index (χ2n) is 5.21. The molecule has 98 valence electrons. The lowest BCUT2D eigenvalue weighted by atomic mass is 10.0. The first kappa shape index (κ1) is 12.7. The van der Waals surface area contributed by atoms with Gasteiger partial charge in [0.05, 0.1) is 0 Å². The van der Waals surface area contributed by atoms with Crippen LogP contribution in [0.2, 0.25) is 0 Å². The Morgan fingerprint density at radius 1 is 1.05 bits per heavy atom. The predicted molar refractivity (Wildman–Crippen MR) is 83.7 cm³/mol. The number of carbonyl (C=O) groups excluding carboxylic acids is 1. The molecular weight excluding hydrogens is 252 g/mol. The van der Waals surface area contributed by atoms with E-state index in [0.29, 0.717) is 5.78 Å². The number of rotatable bonds is 3. The minimum atomic E-state index is 0.119. The van der Waals surface area contributed by atoms with E-state index in [1.165, 1.54) is 40.7 Å². The largest absolute Gasteiger partial charge is 0.294 e. The van der Waals surface area contributed by atoms with Gasteiger partial charge in [0.2, 0.25) is 5.25 Å². The molecule has 1 fully saturated rings. The molecule has 2 heteroatoms. The second kappa shape index (κ2) is 5.38. The van der Waals surface area contributed by atoms with Crippen LogP contribution in [0, 0.1) is 0 Å². The third-order valence-corrected chi connectivity index (χ3v) is 6.75. The highest BCUT2D eigenvalue weighted by molar-refractivity contribution is 7.98. The van der Waals surface area contributed by atoms with Crippen molar-refractivity contribution in [1.29, 1.82) is 0 Å². The number of Topliss-reactive ketones (excluding diaryl/α,β-unsaturated/α-hetero) is 1. The van der Waals surface area contributed by atoms with Crippen LogP contribution in [0.5, 0.6) is 0 Å². The SMILES string of the molecule is CC(=O)C(c1cccc2ccccc12)[S+]1CCCC1. The van der Waals surface area contributed by atoms with Crippen molar-refractivity contribution >= 4 is 27.5 Å². The van der Waals surface area contributed by atoms with E-state index in [-0.39, 0.29) is 16.1 Å². The van der Waals surface area contributed by atoms with E-state index in [9.17, 15) is 4.79 Å². The van der Waals surface area contributed by atoms with Crippen LogP contribution in [0.4, 0.5) is 0 Å². The summed E-state index contributed by atoms with van der Waals surface area (Å²) < 4.78 is 0. The van der Waals surface area contributed by atoms with Gasteiger partial charge in [0, 0.05) is 23.4 Å². The van der Waals surface area contributed by atoms with Crippen molar-refractivity contribution in [1.82, 2.24) is 0 Å². The van der Waals surface area contributed by atoms with Gasteiger partial charge in [0.25, 0.3) is 0 Å². The van der Waals surface area contributed by atoms with E-state index in [1.807, 2.05) is 0 Å². The monoisotopic (exact) mass is 271 g/mol. The van der Waals surface area contributed by atoms with Crippen molar-refractivity contribution < 1.29 is 4.79 Å². The molecule has 1 aliphatic rings. The quantitative estimate of drug-likeness (QED) is 0.774. The highest BCUT2D eigenvalue weighted by Crippen LogP contribution is 2.35. The van der Waals surface area contributed by atoms with Gasteiger partial charge >= 0.3 is 0 Å². The minimum absolute atomic E-state index is 0.119. The maximum atomic E-state index is 12.2. The van der Waals surface area contributed by atoms with Crippen LogP contribution in [-0.2, 0) is 15.7 Å². The van der Waals surface area contributed by atoms with E-state index in [2.05, 4.69) is 42.5 Å². The highest BCUT2D eigenvalue weighted by atomic mass is 32.2. The number of ketones is 1. The first-order valence-electron chi connectivity index (χ1n) is 6.92. The molecule has 0 spiro atoms. The minimum Gasteiger partial charge on any atom is -0.294 e.